The summed E-state index contributed by atoms with van der Waals surface area (Å²) in [6.07, 6.45) is -7.45. The van der Waals surface area contributed by atoms with E-state index < -0.39 is 119 Å². The molecule has 4 amide bonds. The number of hydrogen-bond donors (Lipinski definition) is 9. The molecule has 3 heterocycles. The van der Waals surface area contributed by atoms with Gasteiger partial charge in [-0.2, -0.15) is 0 Å². The van der Waals surface area contributed by atoms with E-state index in [9.17, 15) is 64.2 Å². The van der Waals surface area contributed by atoms with Crippen LogP contribution in [0.1, 0.15) is 99.5 Å². The van der Waals surface area contributed by atoms with E-state index in [4.69, 9.17) is 14.2 Å². The van der Waals surface area contributed by atoms with Crippen molar-refractivity contribution in [2.45, 2.75) is 145 Å². The van der Waals surface area contributed by atoms with Crippen LogP contribution < -0.4 is 30.5 Å². The van der Waals surface area contributed by atoms with E-state index >= 15 is 8.78 Å². The van der Waals surface area contributed by atoms with Gasteiger partial charge in [0.2, 0.25) is 24.0 Å². The van der Waals surface area contributed by atoms with Gasteiger partial charge < -0.3 is 70.6 Å². The van der Waals surface area contributed by atoms with Crippen LogP contribution in [0.25, 0.3) is 0 Å². The first kappa shape index (κ1) is 64.3. The van der Waals surface area contributed by atoms with Gasteiger partial charge >= 0.3 is 12.1 Å². The normalized spacial score (nSPS) is 34.4. The number of nitrogens with zero attached hydrogens (tertiary/aromatic N) is 2. The number of Topliss-reactive ketones (excluding diaryl/α,β-unsaturated/α-hetero) is 1. The molecule has 14 rings (SSSR count). The molecule has 2 bridgehead atoms. The largest absolute Gasteiger partial charge is 0.479 e. The summed E-state index contributed by atoms with van der Waals surface area (Å²) in [5.41, 5.74) is -1.28. The van der Waals surface area contributed by atoms with Crippen LogP contribution in [0.3, 0.4) is 0 Å². The van der Waals surface area contributed by atoms with Gasteiger partial charge in [0.1, 0.15) is 43.4 Å². The molecule has 0 aromatic heterocycles. The van der Waals surface area contributed by atoms with Gasteiger partial charge in [-0.15, -0.1) is 0 Å². The number of alkyl halides is 2. The number of carbonyl (C=O) groups is 7. The van der Waals surface area contributed by atoms with Crippen LogP contribution in [0.15, 0.2) is 115 Å². The van der Waals surface area contributed by atoms with Crippen molar-refractivity contribution in [1.29, 1.82) is 0 Å². The van der Waals surface area contributed by atoms with Crippen LogP contribution in [0, 0.1) is 51.3 Å². The van der Waals surface area contributed by atoms with Crippen LogP contribution >= 0.6 is 0 Å². The number of aliphatic hydroxyl groups excluding tert-OH is 5. The smallest absolute Gasteiger partial charge is 0.407 e. The highest BCUT2D eigenvalue weighted by molar-refractivity contribution is 6.01. The number of halogens is 2. The average Bonchev–Trinajstić information content (AvgIpc) is 1.61. The molecule has 94 heavy (non-hydrogen) atoms. The Labute approximate surface area is 540 Å². The number of carboxylic acids is 1. The minimum absolute atomic E-state index is 0.0391. The van der Waals surface area contributed by atoms with Gasteiger partial charge in [0.05, 0.1) is 29.4 Å². The van der Waals surface area contributed by atoms with Crippen LogP contribution in [0.5, 0.6) is 5.75 Å². The minimum Gasteiger partial charge on any atom is -0.479 e. The van der Waals surface area contributed by atoms with E-state index in [2.05, 4.69) is 32.7 Å². The molecule has 494 valence electrons. The number of rotatable bonds is 18. The van der Waals surface area contributed by atoms with Crippen molar-refractivity contribution in [3.63, 3.8) is 0 Å². The van der Waals surface area contributed by atoms with Crippen LogP contribution in [0.4, 0.5) is 30.6 Å². The number of amides is 4. The van der Waals surface area contributed by atoms with Crippen molar-refractivity contribution in [1.82, 2.24) is 10.6 Å². The molecule has 6 saturated carbocycles. The molecule has 10 aliphatic rings. The Balaban J connectivity index is 0.608. The summed E-state index contributed by atoms with van der Waals surface area (Å²) in [5.74, 6) is 0.576. The van der Waals surface area contributed by atoms with E-state index in [0.717, 1.165) is 34.9 Å². The van der Waals surface area contributed by atoms with Crippen LogP contribution in [-0.2, 0) is 57.8 Å². The topological polar surface area (TPSA) is 311 Å². The summed E-state index contributed by atoms with van der Waals surface area (Å²) in [6.45, 7) is 3.22. The lowest BCUT2D eigenvalue weighted by Gasteiger charge is -2.70. The molecule has 21 nitrogen and oxygen atoms in total. The van der Waals surface area contributed by atoms with E-state index in [-0.39, 0.29) is 98.4 Å². The second-order valence-electron chi connectivity index (χ2n) is 27.8. The maximum absolute atomic E-state index is 18.0. The molecule has 0 spiro atoms. The number of ketones is 2. The second kappa shape index (κ2) is 24.1. The highest BCUT2D eigenvalue weighted by Crippen LogP contribution is 2.75. The van der Waals surface area contributed by atoms with Crippen LogP contribution in [0.2, 0.25) is 0 Å². The van der Waals surface area contributed by atoms with Crippen molar-refractivity contribution in [2.24, 2.45) is 39.4 Å². The van der Waals surface area contributed by atoms with E-state index in [0.29, 0.717) is 49.0 Å². The molecule has 7 aliphatic carbocycles. The van der Waals surface area contributed by atoms with Gasteiger partial charge in [-0.25, -0.2) is 18.4 Å². The lowest BCUT2D eigenvalue weighted by Crippen LogP contribution is -2.75. The number of anilines is 3. The number of hydrogen-bond acceptors (Lipinski definition) is 16. The fourth-order valence-electron chi connectivity index (χ4n) is 17.9. The molecule has 2 saturated heterocycles. The first-order valence-corrected chi connectivity index (χ1v) is 32.0. The molecular weight excluding hydrogens is 1220 g/mol. The molecule has 9 N–H and O–H groups in total. The molecule has 23 heteroatoms. The van der Waals surface area contributed by atoms with Crippen molar-refractivity contribution in [2.75, 3.05) is 41.4 Å². The number of aliphatic hydroxyl groups is 5. The number of carboxylic acid groups (broad SMARTS) is 1. The third-order valence-electron chi connectivity index (χ3n) is 22.3. The maximum atomic E-state index is 18.0. The SMILES string of the molecule is C[C@]12C=CC(=O)C=C1[C@@H](F)C[C@H]1[C@@H]3C[C@H]4CN(c5ccc(CC67CC(NC(=O)OCc8ccc(O[C@@H]9O[C@H](C(=O)O)[C@@H](O)[C@H](O)[C@H]9O)c(NC(=O)CCNC(=O)CCC(=O)N9Cc%10ccccc%10C#Cc%10ccccc%109)c8)(C6)C7)cc5)C[C@@]4(C(=O)CO)[C@@]3(C)C[C@H](O)[C@@]12F. The van der Waals surface area contributed by atoms with Crippen molar-refractivity contribution in [3.05, 3.63) is 143 Å². The third-order valence-corrected chi connectivity index (χ3v) is 22.3. The van der Waals surface area contributed by atoms with E-state index in [1.54, 1.807) is 17.9 Å². The zero-order valence-corrected chi connectivity index (χ0v) is 51.9. The average molecular weight is 1290 g/mol. The number of ether oxygens (including phenoxy) is 3. The first-order valence-electron chi connectivity index (χ1n) is 32.0. The Kier molecular flexibility index (Phi) is 16.5. The lowest BCUT2D eigenvalue weighted by atomic mass is 9.38. The molecule has 0 unspecified atom stereocenters. The Morgan fingerprint density at radius 2 is 1.53 bits per heavy atom. The monoisotopic (exact) mass is 1290 g/mol. The van der Waals surface area contributed by atoms with Gasteiger partial charge in [0, 0.05) is 72.6 Å². The number of allylic oxidation sites excluding steroid dienone is 4. The zero-order chi connectivity index (χ0) is 66.4. The van der Waals surface area contributed by atoms with Gasteiger partial charge in [-0.1, -0.05) is 73.4 Å². The fraction of sp³-hybridized carbons (Fsp3) is 0.479. The van der Waals surface area contributed by atoms with E-state index in [1.165, 1.54) is 30.4 Å². The van der Waals surface area contributed by atoms with Crippen molar-refractivity contribution >= 4 is 58.4 Å². The number of nitrogens with one attached hydrogen (secondary N) is 3. The highest BCUT2D eigenvalue weighted by atomic mass is 19.1. The van der Waals surface area contributed by atoms with Crippen LogP contribution in [-0.4, -0.2) is 152 Å². The Bertz CT molecular complexity index is 3890. The Hall–Kier alpha value is -8.37. The molecule has 8 fully saturated rings. The molecule has 14 atom stereocenters. The zero-order valence-electron chi connectivity index (χ0n) is 51.9. The summed E-state index contributed by atoms with van der Waals surface area (Å²) >= 11 is 0. The molecule has 3 aliphatic heterocycles. The van der Waals surface area contributed by atoms with Gasteiger partial charge in [0.15, 0.2) is 23.3 Å². The Morgan fingerprint density at radius 3 is 2.28 bits per heavy atom. The number of carbonyl (C=O) groups excluding carboxylic acids is 6. The fourth-order valence-corrected chi connectivity index (χ4v) is 17.9. The standard InChI is InChI=1S/C71H75F2N5O16/c1-66-23-21-46(80)27-49(66)50(72)28-48-47-26-44-32-77(38-70(44,55(82)33-79)67(47,2)30-54(81)71(48,66)73)45-16-11-39(12-17-45)29-68-35-69(36-68,37-68)76-65(91)92-34-40-13-18-53(93-64-61(88)59(86)60(87)62(94-64)63(89)90)51(25-40)75-57(84)22-24-74-56(83)19-20-58(85)78-31-43-9-4-3-7-41(43)14-15-42-8-5-6-10-52(42)78/h3-13,16-18,21,23,25,27,44,47-48,50,54,59-62,64,79,81,86-88H,19-20,22,24,26,28-38H2,1-2H3,(H,74,83)(H,75,84)(H,76,91)(H,89,90)/t44-,47-,48-,50-,54-,59-,60-,61+,62-,64+,66-,67-,68?,69?,70+,71-/m0/s1. The summed E-state index contributed by atoms with van der Waals surface area (Å²) < 4.78 is 51.0. The molecule has 4 aromatic carbocycles. The Morgan fingerprint density at radius 1 is 0.819 bits per heavy atom. The first-order chi connectivity index (χ1) is 44.8. The number of alkyl carbamates (subject to hydrolysis) is 1. The predicted octanol–water partition coefficient (Wildman–Crippen LogP) is 5.43. The second-order valence-corrected chi connectivity index (χ2v) is 27.8. The third kappa shape index (κ3) is 10.8. The number of benzene rings is 4. The molecule has 4 aromatic rings. The number of para-hydroxylation sites is 1. The summed E-state index contributed by atoms with van der Waals surface area (Å²) in [5, 5.41) is 72.1. The van der Waals surface area contributed by atoms with Gasteiger partial charge in [-0.05, 0) is 151 Å². The molecular formula is C71H75F2N5O16. The lowest BCUT2D eigenvalue weighted by molar-refractivity contribution is -0.271. The minimum atomic E-state index is -2.28. The summed E-state index contributed by atoms with van der Waals surface area (Å²) in [7, 11) is 0. The number of fused-ring (bicyclic) bond motifs is 9. The van der Waals surface area contributed by atoms with Gasteiger partial charge in [0.25, 0.3) is 0 Å². The quantitative estimate of drug-likeness (QED) is 0.0561. The number of aliphatic carboxylic acids is 1. The predicted molar refractivity (Wildman–Crippen MR) is 334 cm³/mol. The summed E-state index contributed by atoms with van der Waals surface area (Å²) in [6, 6.07) is 27.1. The van der Waals surface area contributed by atoms with E-state index in [1.807, 2.05) is 73.7 Å². The maximum Gasteiger partial charge on any atom is 0.407 e. The summed E-state index contributed by atoms with van der Waals surface area (Å²) in [4.78, 5) is 96.0. The van der Waals surface area contributed by atoms with Crippen molar-refractivity contribution in [3.8, 4) is 17.6 Å². The highest BCUT2D eigenvalue weighted by Gasteiger charge is 2.78. The van der Waals surface area contributed by atoms with Crippen molar-refractivity contribution < 1.29 is 87.2 Å². The molecule has 0 radical (unpaired) electrons. The van der Waals surface area contributed by atoms with Gasteiger partial charge in [-0.3, -0.25) is 24.0 Å².